The number of allylic oxidation sites excluding steroid dienone is 4. The molecule has 0 bridgehead atoms. The van der Waals surface area contributed by atoms with Gasteiger partial charge in [0.1, 0.15) is 0 Å². The van der Waals surface area contributed by atoms with E-state index in [9.17, 15) is 8.78 Å². The summed E-state index contributed by atoms with van der Waals surface area (Å²) < 4.78 is 26.4. The van der Waals surface area contributed by atoms with Crippen LogP contribution in [0.15, 0.2) is 42.0 Å². The van der Waals surface area contributed by atoms with Gasteiger partial charge in [0, 0.05) is 12.5 Å². The molecule has 0 nitrogen and oxygen atoms in total. The van der Waals surface area contributed by atoms with E-state index in [1.54, 1.807) is 12.1 Å². The third-order valence-corrected chi connectivity index (χ3v) is 2.49. The van der Waals surface area contributed by atoms with Crippen LogP contribution >= 0.6 is 0 Å². The molecule has 19 heavy (non-hydrogen) atoms. The topological polar surface area (TPSA) is 0 Å². The highest BCUT2D eigenvalue weighted by Crippen LogP contribution is 2.28. The average molecular weight is 266 g/mol. The van der Waals surface area contributed by atoms with E-state index >= 15 is 0 Å². The van der Waals surface area contributed by atoms with Crippen LogP contribution in [0, 0.1) is 0 Å². The van der Waals surface area contributed by atoms with Crippen molar-refractivity contribution in [1.82, 2.24) is 0 Å². The summed E-state index contributed by atoms with van der Waals surface area (Å²) >= 11 is 0. The lowest BCUT2D eigenvalue weighted by molar-refractivity contribution is 0.0174. The Bertz CT molecular complexity index is 445. The average Bonchev–Trinajstić information content (AvgIpc) is 2.37. The summed E-state index contributed by atoms with van der Waals surface area (Å²) in [6.07, 6.45) is 3.92. The normalized spacial score (nSPS) is 11.5. The number of hydrogen-bond donors (Lipinski definition) is 0. The summed E-state index contributed by atoms with van der Waals surface area (Å²) in [5.74, 6) is -2.78. The van der Waals surface area contributed by atoms with Crippen molar-refractivity contribution in [3.8, 4) is 0 Å². The molecular weight excluding hydrogens is 242 g/mol. The molecule has 0 saturated heterocycles. The summed E-state index contributed by atoms with van der Waals surface area (Å²) in [4.78, 5) is 0. The Kier molecular flexibility index (Phi) is 7.28. The zero-order chi connectivity index (χ0) is 15.1. The van der Waals surface area contributed by atoms with E-state index in [0.29, 0.717) is 0 Å². The van der Waals surface area contributed by atoms with E-state index in [1.807, 2.05) is 52.8 Å². The van der Waals surface area contributed by atoms with Crippen molar-refractivity contribution >= 4 is 5.57 Å². The van der Waals surface area contributed by atoms with Gasteiger partial charge in [0.25, 0.3) is 5.92 Å². The second-order valence-corrected chi connectivity index (χ2v) is 4.56. The van der Waals surface area contributed by atoms with Gasteiger partial charge in [-0.05, 0) is 38.0 Å². The van der Waals surface area contributed by atoms with Crippen LogP contribution in [0.5, 0.6) is 0 Å². The van der Waals surface area contributed by atoms with Crippen LogP contribution in [-0.2, 0) is 5.92 Å². The lowest BCUT2D eigenvalue weighted by Gasteiger charge is -2.12. The molecule has 0 radical (unpaired) electrons. The Morgan fingerprint density at radius 2 is 1.63 bits per heavy atom. The maximum absolute atomic E-state index is 13.2. The van der Waals surface area contributed by atoms with Crippen LogP contribution in [0.25, 0.3) is 5.57 Å². The minimum Gasteiger partial charge on any atom is -0.202 e. The highest BCUT2D eigenvalue weighted by atomic mass is 19.3. The third-order valence-electron chi connectivity index (χ3n) is 2.49. The molecule has 0 aliphatic rings. The fraction of sp³-hybridized carbons (Fsp3) is 0.412. The fourth-order valence-corrected chi connectivity index (χ4v) is 1.43. The Balaban J connectivity index is 0.00000154. The van der Waals surface area contributed by atoms with Gasteiger partial charge < -0.3 is 0 Å². The molecule has 0 N–H and O–H groups in total. The Labute approximate surface area is 115 Å². The van der Waals surface area contributed by atoms with Gasteiger partial charge in [-0.1, -0.05) is 49.8 Å². The second-order valence-electron chi connectivity index (χ2n) is 4.56. The summed E-state index contributed by atoms with van der Waals surface area (Å²) in [7, 11) is 0. The van der Waals surface area contributed by atoms with Crippen LogP contribution in [0.2, 0.25) is 0 Å². The van der Waals surface area contributed by atoms with Gasteiger partial charge in [0.15, 0.2) is 0 Å². The van der Waals surface area contributed by atoms with E-state index in [2.05, 4.69) is 0 Å². The number of alkyl halides is 2. The van der Waals surface area contributed by atoms with E-state index in [0.717, 1.165) is 18.1 Å². The SMILES string of the molecule is CC.CC(C)=C/C=C(\C)c1cccc(C(C)(F)F)c1. The molecule has 0 unspecified atom stereocenters. The first kappa shape index (κ1) is 17.6. The maximum Gasteiger partial charge on any atom is 0.270 e. The van der Waals surface area contributed by atoms with Crippen molar-refractivity contribution in [3.05, 3.63) is 53.1 Å². The molecule has 0 spiro atoms. The molecule has 0 fully saturated rings. The molecule has 1 aromatic carbocycles. The summed E-state index contributed by atoms with van der Waals surface area (Å²) in [5, 5.41) is 0. The molecule has 0 amide bonds. The second kappa shape index (κ2) is 7.88. The number of benzene rings is 1. The first-order chi connectivity index (χ1) is 8.80. The van der Waals surface area contributed by atoms with Crippen molar-refractivity contribution < 1.29 is 8.78 Å². The van der Waals surface area contributed by atoms with Crippen LogP contribution in [0.3, 0.4) is 0 Å². The van der Waals surface area contributed by atoms with Crippen molar-refractivity contribution in [2.45, 2.75) is 47.5 Å². The van der Waals surface area contributed by atoms with Crippen molar-refractivity contribution in [2.24, 2.45) is 0 Å². The van der Waals surface area contributed by atoms with Crippen LogP contribution in [-0.4, -0.2) is 0 Å². The van der Waals surface area contributed by atoms with E-state index in [4.69, 9.17) is 0 Å². The molecule has 1 aromatic rings. The summed E-state index contributed by atoms with van der Waals surface area (Å²) in [6, 6.07) is 6.52. The molecule has 1 rings (SSSR count). The number of halogens is 2. The lowest BCUT2D eigenvalue weighted by atomic mass is 10.0. The Morgan fingerprint density at radius 3 is 2.11 bits per heavy atom. The summed E-state index contributed by atoms with van der Waals surface area (Å²) in [6.45, 7) is 10.8. The van der Waals surface area contributed by atoms with Crippen LogP contribution in [0.1, 0.15) is 52.7 Å². The highest BCUT2D eigenvalue weighted by Gasteiger charge is 2.24. The molecule has 106 valence electrons. The van der Waals surface area contributed by atoms with Gasteiger partial charge in [-0.25, -0.2) is 8.78 Å². The maximum atomic E-state index is 13.2. The molecule has 0 atom stereocenters. The minimum atomic E-state index is -2.78. The van der Waals surface area contributed by atoms with E-state index in [-0.39, 0.29) is 5.56 Å². The first-order valence-electron chi connectivity index (χ1n) is 6.61. The first-order valence-corrected chi connectivity index (χ1v) is 6.61. The van der Waals surface area contributed by atoms with Gasteiger partial charge in [0.2, 0.25) is 0 Å². The zero-order valence-corrected chi connectivity index (χ0v) is 12.7. The quantitative estimate of drug-likeness (QED) is 0.572. The van der Waals surface area contributed by atoms with Gasteiger partial charge in [0.05, 0.1) is 0 Å². The minimum absolute atomic E-state index is 0.0555. The molecule has 0 aromatic heterocycles. The molecule has 0 aliphatic carbocycles. The third kappa shape index (κ3) is 6.32. The Morgan fingerprint density at radius 1 is 1.05 bits per heavy atom. The predicted octanol–water partition coefficient (Wildman–Crippen LogP) is 6.19. The van der Waals surface area contributed by atoms with Gasteiger partial charge in [-0.15, -0.1) is 0 Å². The van der Waals surface area contributed by atoms with Gasteiger partial charge in [-0.3, -0.25) is 0 Å². The van der Waals surface area contributed by atoms with Crippen LogP contribution < -0.4 is 0 Å². The van der Waals surface area contributed by atoms with Gasteiger partial charge in [-0.2, -0.15) is 0 Å². The van der Waals surface area contributed by atoms with Crippen molar-refractivity contribution in [3.63, 3.8) is 0 Å². The van der Waals surface area contributed by atoms with Crippen molar-refractivity contribution in [1.29, 1.82) is 0 Å². The highest BCUT2D eigenvalue weighted by molar-refractivity contribution is 5.66. The molecule has 2 heteroatoms. The monoisotopic (exact) mass is 266 g/mol. The van der Waals surface area contributed by atoms with Crippen molar-refractivity contribution in [2.75, 3.05) is 0 Å². The zero-order valence-electron chi connectivity index (χ0n) is 12.7. The number of hydrogen-bond acceptors (Lipinski definition) is 0. The summed E-state index contributed by atoms with van der Waals surface area (Å²) in [5.41, 5.74) is 3.06. The predicted molar refractivity (Wildman–Crippen MR) is 80.4 cm³/mol. The van der Waals surface area contributed by atoms with Gasteiger partial charge >= 0.3 is 0 Å². The Hall–Kier alpha value is -1.44. The molecule has 0 heterocycles. The van der Waals surface area contributed by atoms with Crippen LogP contribution in [0.4, 0.5) is 8.78 Å². The molecule has 0 saturated carbocycles. The number of rotatable bonds is 3. The molecular formula is C17H24F2. The largest absolute Gasteiger partial charge is 0.270 e. The van der Waals surface area contributed by atoms with E-state index in [1.165, 1.54) is 11.6 Å². The lowest BCUT2D eigenvalue weighted by Crippen LogP contribution is -2.06. The standard InChI is InChI=1S/C15H18F2.C2H6/c1-11(2)8-9-12(3)13-6-5-7-14(10-13)15(4,16)17;1-2/h5-10H,1-4H3;1-2H3/b12-9+;. The fourth-order valence-electron chi connectivity index (χ4n) is 1.43. The molecule has 0 aliphatic heterocycles. The van der Waals surface area contributed by atoms with E-state index < -0.39 is 5.92 Å². The smallest absolute Gasteiger partial charge is 0.202 e.